The molecule has 1 aliphatic heterocycles. The summed E-state index contributed by atoms with van der Waals surface area (Å²) < 4.78 is 23.7. The number of hydrogen-bond donors (Lipinski definition) is 0. The lowest BCUT2D eigenvalue weighted by molar-refractivity contribution is 0.0760. The van der Waals surface area contributed by atoms with E-state index in [0.29, 0.717) is 23.6 Å². The van der Waals surface area contributed by atoms with E-state index in [4.69, 9.17) is 9.47 Å². The van der Waals surface area contributed by atoms with Gasteiger partial charge in [-0.25, -0.2) is 4.39 Å². The van der Waals surface area contributed by atoms with E-state index in [0.717, 1.165) is 11.3 Å². The zero-order valence-corrected chi connectivity index (χ0v) is 14.3. The Morgan fingerprint density at radius 1 is 1.12 bits per heavy atom. The van der Waals surface area contributed by atoms with Crippen molar-refractivity contribution < 1.29 is 18.7 Å². The maximum atomic E-state index is 13.1. The Bertz CT molecular complexity index is 713. The van der Waals surface area contributed by atoms with E-state index in [1.165, 1.54) is 24.3 Å². The molecule has 0 saturated carbocycles. The second-order valence-corrected chi connectivity index (χ2v) is 6.56. The predicted molar refractivity (Wildman–Crippen MR) is 92.2 cm³/mol. The summed E-state index contributed by atoms with van der Waals surface area (Å²) in [6, 6.07) is 11.3. The second kappa shape index (κ2) is 7.13. The molecule has 1 saturated heterocycles. The van der Waals surface area contributed by atoms with Crippen LogP contribution in [0.5, 0.6) is 11.5 Å². The average Bonchev–Trinajstić information content (AvgIpc) is 3.11. The number of amides is 1. The predicted octanol–water partition coefficient (Wildman–Crippen LogP) is 3.73. The zero-order chi connectivity index (χ0) is 17.1. The quantitative estimate of drug-likeness (QED) is 0.845. The Hall–Kier alpha value is -2.21. The van der Waals surface area contributed by atoms with E-state index in [1.54, 1.807) is 36.9 Å². The van der Waals surface area contributed by atoms with E-state index < -0.39 is 0 Å². The van der Waals surface area contributed by atoms with Crippen molar-refractivity contribution in [2.45, 2.75) is 5.37 Å². The Balaban J connectivity index is 1.90. The van der Waals surface area contributed by atoms with Crippen LogP contribution in [0.15, 0.2) is 42.5 Å². The topological polar surface area (TPSA) is 38.8 Å². The molecule has 1 aliphatic rings. The second-order valence-electron chi connectivity index (χ2n) is 5.37. The Morgan fingerprint density at radius 2 is 1.75 bits per heavy atom. The van der Waals surface area contributed by atoms with E-state index in [-0.39, 0.29) is 17.1 Å². The van der Waals surface area contributed by atoms with Crippen LogP contribution in [0.25, 0.3) is 0 Å². The van der Waals surface area contributed by atoms with Crippen LogP contribution in [0.1, 0.15) is 21.3 Å². The van der Waals surface area contributed by atoms with Crippen molar-refractivity contribution in [2.24, 2.45) is 0 Å². The lowest BCUT2D eigenvalue weighted by Gasteiger charge is -2.25. The van der Waals surface area contributed by atoms with Crippen LogP contribution in [-0.4, -0.2) is 37.3 Å². The monoisotopic (exact) mass is 347 g/mol. The van der Waals surface area contributed by atoms with Crippen LogP contribution in [0.3, 0.4) is 0 Å². The first kappa shape index (κ1) is 16.6. The van der Waals surface area contributed by atoms with E-state index >= 15 is 0 Å². The number of ether oxygens (including phenoxy) is 2. The van der Waals surface area contributed by atoms with E-state index in [2.05, 4.69) is 0 Å². The minimum Gasteiger partial charge on any atom is -0.497 e. The van der Waals surface area contributed by atoms with Crippen LogP contribution in [0.2, 0.25) is 0 Å². The van der Waals surface area contributed by atoms with Crippen molar-refractivity contribution in [2.75, 3.05) is 26.5 Å². The van der Waals surface area contributed by atoms with Gasteiger partial charge in [0.2, 0.25) is 0 Å². The molecule has 1 amide bonds. The van der Waals surface area contributed by atoms with Gasteiger partial charge >= 0.3 is 0 Å². The van der Waals surface area contributed by atoms with Crippen molar-refractivity contribution in [1.82, 2.24) is 4.90 Å². The number of rotatable bonds is 4. The standard InChI is InChI=1S/C18H18FNO3S/c1-22-15-9-13(10-16(11-15)23-2)18-20(7-8-24-18)17(21)12-3-5-14(19)6-4-12/h3-6,9-11,18H,7-8H2,1-2H3/t18-/m0/s1. The first-order valence-electron chi connectivity index (χ1n) is 7.53. The van der Waals surface area contributed by atoms with Crippen LogP contribution in [0, 0.1) is 5.82 Å². The molecule has 126 valence electrons. The molecule has 24 heavy (non-hydrogen) atoms. The van der Waals surface area contributed by atoms with Crippen molar-refractivity contribution in [3.8, 4) is 11.5 Å². The van der Waals surface area contributed by atoms with Gasteiger partial charge in [0, 0.05) is 23.9 Å². The Kier molecular flexibility index (Phi) is 4.94. The Labute approximate surface area is 144 Å². The zero-order valence-electron chi connectivity index (χ0n) is 13.5. The van der Waals surface area contributed by atoms with Gasteiger partial charge < -0.3 is 14.4 Å². The van der Waals surface area contributed by atoms with Gasteiger partial charge in [-0.2, -0.15) is 0 Å². The lowest BCUT2D eigenvalue weighted by atomic mass is 10.1. The maximum absolute atomic E-state index is 13.1. The fourth-order valence-electron chi connectivity index (χ4n) is 2.68. The van der Waals surface area contributed by atoms with Crippen LogP contribution in [-0.2, 0) is 0 Å². The van der Waals surface area contributed by atoms with Crippen molar-refractivity contribution in [3.05, 3.63) is 59.4 Å². The number of carbonyl (C=O) groups excluding carboxylic acids is 1. The van der Waals surface area contributed by atoms with Crippen LogP contribution in [0.4, 0.5) is 4.39 Å². The first-order valence-corrected chi connectivity index (χ1v) is 8.58. The number of nitrogens with zero attached hydrogens (tertiary/aromatic N) is 1. The Morgan fingerprint density at radius 3 is 2.33 bits per heavy atom. The first-order chi connectivity index (χ1) is 11.6. The molecular formula is C18H18FNO3S. The SMILES string of the molecule is COc1cc(OC)cc([C@@H]2SCCN2C(=O)c2ccc(F)cc2)c1. The molecule has 1 heterocycles. The van der Waals surface area contributed by atoms with Gasteiger partial charge in [-0.05, 0) is 42.0 Å². The van der Waals surface area contributed by atoms with Crippen LogP contribution < -0.4 is 9.47 Å². The summed E-state index contributed by atoms with van der Waals surface area (Å²) in [7, 11) is 3.20. The van der Waals surface area contributed by atoms with Gasteiger partial charge in [0.25, 0.3) is 5.91 Å². The number of hydrogen-bond acceptors (Lipinski definition) is 4. The molecular weight excluding hydrogens is 329 g/mol. The third-order valence-corrected chi connectivity index (χ3v) is 5.16. The highest BCUT2D eigenvalue weighted by Gasteiger charge is 2.32. The van der Waals surface area contributed by atoms with Crippen LogP contribution >= 0.6 is 11.8 Å². The summed E-state index contributed by atoms with van der Waals surface area (Å²) in [4.78, 5) is 14.6. The number of methoxy groups -OCH3 is 2. The molecule has 6 heteroatoms. The number of benzene rings is 2. The highest BCUT2D eigenvalue weighted by Crippen LogP contribution is 2.41. The molecule has 0 spiro atoms. The van der Waals surface area contributed by atoms with Gasteiger partial charge in [0.1, 0.15) is 22.7 Å². The molecule has 0 bridgehead atoms. The van der Waals surface area contributed by atoms with Gasteiger partial charge in [-0.15, -0.1) is 11.8 Å². The maximum Gasteiger partial charge on any atom is 0.255 e. The summed E-state index contributed by atoms with van der Waals surface area (Å²) in [5, 5.41) is -0.119. The minimum absolute atomic E-state index is 0.105. The smallest absolute Gasteiger partial charge is 0.255 e. The number of halogens is 1. The lowest BCUT2D eigenvalue weighted by Crippen LogP contribution is -2.30. The molecule has 1 fully saturated rings. The fraction of sp³-hybridized carbons (Fsp3) is 0.278. The summed E-state index contributed by atoms with van der Waals surface area (Å²) in [5.41, 5.74) is 1.43. The summed E-state index contributed by atoms with van der Waals surface area (Å²) >= 11 is 1.69. The summed E-state index contributed by atoms with van der Waals surface area (Å²) in [5.74, 6) is 1.76. The van der Waals surface area contributed by atoms with Gasteiger partial charge in [-0.3, -0.25) is 4.79 Å². The van der Waals surface area contributed by atoms with Crippen molar-refractivity contribution in [3.63, 3.8) is 0 Å². The molecule has 0 aliphatic carbocycles. The molecule has 2 aromatic carbocycles. The highest BCUT2D eigenvalue weighted by molar-refractivity contribution is 7.99. The largest absolute Gasteiger partial charge is 0.497 e. The summed E-state index contributed by atoms with van der Waals surface area (Å²) in [6.45, 7) is 0.644. The molecule has 0 aromatic heterocycles. The molecule has 3 rings (SSSR count). The highest BCUT2D eigenvalue weighted by atomic mass is 32.2. The molecule has 0 N–H and O–H groups in total. The molecule has 0 unspecified atom stereocenters. The average molecular weight is 347 g/mol. The van der Waals surface area contributed by atoms with E-state index in [9.17, 15) is 9.18 Å². The van der Waals surface area contributed by atoms with Crippen molar-refractivity contribution >= 4 is 17.7 Å². The van der Waals surface area contributed by atoms with Crippen molar-refractivity contribution in [1.29, 1.82) is 0 Å². The number of thioether (sulfide) groups is 1. The fourth-order valence-corrected chi connectivity index (χ4v) is 3.92. The minimum atomic E-state index is -0.351. The van der Waals surface area contributed by atoms with Gasteiger partial charge in [-0.1, -0.05) is 0 Å². The van der Waals surface area contributed by atoms with Gasteiger partial charge in [0.05, 0.1) is 14.2 Å². The van der Waals surface area contributed by atoms with E-state index in [1.807, 2.05) is 12.1 Å². The molecule has 4 nitrogen and oxygen atoms in total. The number of carbonyl (C=O) groups is 1. The molecule has 1 atom stereocenters. The normalized spacial score (nSPS) is 17.0. The molecule has 0 radical (unpaired) electrons. The molecule has 2 aromatic rings. The van der Waals surface area contributed by atoms with Gasteiger partial charge in [0.15, 0.2) is 0 Å². The third kappa shape index (κ3) is 3.33. The third-order valence-electron chi connectivity index (χ3n) is 3.90. The summed E-state index contributed by atoms with van der Waals surface area (Å²) in [6.07, 6.45) is 0.